The molecule has 2 aromatic rings. The number of carbonyl (C=O) groups excluding carboxylic acids is 1. The quantitative estimate of drug-likeness (QED) is 0.705. The fourth-order valence-electron chi connectivity index (χ4n) is 6.26. The van der Waals surface area contributed by atoms with Crippen LogP contribution >= 0.6 is 0 Å². The van der Waals surface area contributed by atoms with Crippen molar-refractivity contribution in [3.05, 3.63) is 59.4 Å². The molecule has 152 valence electrons. The van der Waals surface area contributed by atoms with Crippen molar-refractivity contribution in [2.24, 2.45) is 23.5 Å². The summed E-state index contributed by atoms with van der Waals surface area (Å²) in [6, 6.07) is 12.7. The number of aryl methyl sites for hydroxylation is 2. The number of nitrogens with one attached hydrogen (secondary N) is 1. The van der Waals surface area contributed by atoms with Crippen molar-refractivity contribution in [2.45, 2.75) is 56.6 Å². The number of rotatable bonds is 6. The molecule has 1 amide bonds. The van der Waals surface area contributed by atoms with Crippen LogP contribution in [0.15, 0.2) is 42.6 Å². The molecule has 0 aliphatic heterocycles. The molecule has 4 fully saturated rings. The lowest BCUT2D eigenvalue weighted by atomic mass is 9.52. The maximum atomic E-state index is 12.0. The minimum atomic E-state index is -0.458. The fourth-order valence-corrected chi connectivity index (χ4v) is 6.26. The zero-order valence-electron chi connectivity index (χ0n) is 16.7. The largest absolute Gasteiger partial charge is 0.390 e. The lowest BCUT2D eigenvalue weighted by Crippen LogP contribution is -2.59. The van der Waals surface area contributed by atoms with Crippen LogP contribution in [0, 0.1) is 17.8 Å². The standard InChI is InChI=1S/C24H29N3O2/c25-23(28)20-14-26-19(7-6-15-4-2-1-3-5-15)10-21(20)27-22-17-8-16-9-18(22)13-24(29,11-16)12-17/h1-5,10,14,16-18,22,29H,6-9,11-13H2,(H2,25,28)(H,26,27)/t16?,17-,18+,22?,24?. The molecule has 1 aromatic carbocycles. The van der Waals surface area contributed by atoms with Gasteiger partial charge in [-0.05, 0) is 74.3 Å². The Hall–Kier alpha value is -2.40. The molecule has 5 nitrogen and oxygen atoms in total. The molecule has 4 bridgehead atoms. The molecule has 5 heteroatoms. The second kappa shape index (κ2) is 7.13. The first-order chi connectivity index (χ1) is 14.0. The number of benzene rings is 1. The Bertz CT molecular complexity index is 898. The smallest absolute Gasteiger partial charge is 0.252 e. The summed E-state index contributed by atoms with van der Waals surface area (Å²) >= 11 is 0. The third-order valence-electron chi connectivity index (χ3n) is 7.30. The predicted molar refractivity (Wildman–Crippen MR) is 113 cm³/mol. The van der Waals surface area contributed by atoms with E-state index in [1.807, 2.05) is 24.3 Å². The Morgan fingerprint density at radius 1 is 1.14 bits per heavy atom. The van der Waals surface area contributed by atoms with Gasteiger partial charge in [-0.25, -0.2) is 0 Å². The monoisotopic (exact) mass is 391 g/mol. The molecule has 5 atom stereocenters. The molecule has 0 saturated heterocycles. The Morgan fingerprint density at radius 3 is 2.52 bits per heavy atom. The third kappa shape index (κ3) is 3.64. The highest BCUT2D eigenvalue weighted by Gasteiger charge is 2.54. The second-order valence-electron chi connectivity index (χ2n) is 9.44. The summed E-state index contributed by atoms with van der Waals surface area (Å²) in [4.78, 5) is 16.5. The van der Waals surface area contributed by atoms with Gasteiger partial charge in [0.15, 0.2) is 0 Å². The van der Waals surface area contributed by atoms with Crippen LogP contribution in [0.25, 0.3) is 0 Å². The van der Waals surface area contributed by atoms with Crippen LogP contribution in [-0.4, -0.2) is 27.6 Å². The van der Waals surface area contributed by atoms with Crippen LogP contribution in [0.5, 0.6) is 0 Å². The molecule has 1 heterocycles. The summed E-state index contributed by atoms with van der Waals surface area (Å²) < 4.78 is 0. The zero-order chi connectivity index (χ0) is 20.0. The van der Waals surface area contributed by atoms with Gasteiger partial charge >= 0.3 is 0 Å². The Kier molecular flexibility index (Phi) is 4.58. The number of carbonyl (C=O) groups is 1. The first-order valence-corrected chi connectivity index (χ1v) is 10.8. The summed E-state index contributed by atoms with van der Waals surface area (Å²) in [6.07, 6.45) is 8.41. The summed E-state index contributed by atoms with van der Waals surface area (Å²) in [5.74, 6) is 1.14. The predicted octanol–water partition coefficient (Wildman–Crippen LogP) is 3.32. The van der Waals surface area contributed by atoms with Crippen LogP contribution in [0.2, 0.25) is 0 Å². The molecule has 6 rings (SSSR count). The van der Waals surface area contributed by atoms with E-state index in [-0.39, 0.29) is 0 Å². The molecule has 4 aliphatic rings. The number of amides is 1. The number of aliphatic hydroxyl groups is 1. The number of pyridine rings is 1. The Balaban J connectivity index is 1.36. The van der Waals surface area contributed by atoms with Gasteiger partial charge in [0.25, 0.3) is 5.91 Å². The summed E-state index contributed by atoms with van der Waals surface area (Å²) in [7, 11) is 0. The van der Waals surface area contributed by atoms with E-state index in [0.29, 0.717) is 29.4 Å². The SMILES string of the molecule is NC(=O)c1cnc(CCc2ccccc2)cc1NC1[C@@H]2CC3C[C@H]1CC(O)(C3)C2. The van der Waals surface area contributed by atoms with Crippen molar-refractivity contribution in [2.75, 3.05) is 5.32 Å². The number of aromatic nitrogens is 1. The van der Waals surface area contributed by atoms with Crippen molar-refractivity contribution in [1.29, 1.82) is 0 Å². The van der Waals surface area contributed by atoms with Crippen LogP contribution in [0.1, 0.15) is 53.7 Å². The minimum Gasteiger partial charge on any atom is -0.390 e. The van der Waals surface area contributed by atoms with Gasteiger partial charge in [0, 0.05) is 17.9 Å². The number of nitrogens with zero attached hydrogens (tertiary/aromatic N) is 1. The van der Waals surface area contributed by atoms with Gasteiger partial charge in [-0.1, -0.05) is 30.3 Å². The van der Waals surface area contributed by atoms with Gasteiger partial charge in [-0.2, -0.15) is 0 Å². The van der Waals surface area contributed by atoms with Gasteiger partial charge in [0.05, 0.1) is 16.9 Å². The highest BCUT2D eigenvalue weighted by atomic mass is 16.3. The summed E-state index contributed by atoms with van der Waals surface area (Å²) in [5.41, 5.74) is 8.69. The molecule has 29 heavy (non-hydrogen) atoms. The molecule has 0 spiro atoms. The fraction of sp³-hybridized carbons (Fsp3) is 0.500. The van der Waals surface area contributed by atoms with Gasteiger partial charge in [-0.3, -0.25) is 9.78 Å². The van der Waals surface area contributed by atoms with E-state index in [9.17, 15) is 9.90 Å². The highest BCUT2D eigenvalue weighted by Crippen LogP contribution is 2.56. The number of anilines is 1. The second-order valence-corrected chi connectivity index (χ2v) is 9.44. The van der Waals surface area contributed by atoms with Crippen molar-refractivity contribution in [1.82, 2.24) is 4.98 Å². The maximum Gasteiger partial charge on any atom is 0.252 e. The molecule has 4 N–H and O–H groups in total. The zero-order valence-corrected chi connectivity index (χ0v) is 16.7. The molecule has 4 aliphatic carbocycles. The molecular formula is C24H29N3O2. The van der Waals surface area contributed by atoms with Gasteiger partial charge < -0.3 is 16.2 Å². The van der Waals surface area contributed by atoms with Crippen molar-refractivity contribution in [3.63, 3.8) is 0 Å². The van der Waals surface area contributed by atoms with Crippen molar-refractivity contribution < 1.29 is 9.90 Å². The van der Waals surface area contributed by atoms with E-state index in [2.05, 4.69) is 22.4 Å². The number of primary amides is 1. The van der Waals surface area contributed by atoms with E-state index in [4.69, 9.17) is 5.73 Å². The number of hydrogen-bond acceptors (Lipinski definition) is 4. The van der Waals surface area contributed by atoms with Crippen LogP contribution in [-0.2, 0) is 12.8 Å². The van der Waals surface area contributed by atoms with Crippen molar-refractivity contribution in [3.8, 4) is 0 Å². The Labute approximate surface area is 171 Å². The van der Waals surface area contributed by atoms with Crippen LogP contribution in [0.3, 0.4) is 0 Å². The van der Waals surface area contributed by atoms with E-state index in [0.717, 1.165) is 43.5 Å². The Morgan fingerprint density at radius 2 is 1.86 bits per heavy atom. The topological polar surface area (TPSA) is 88.2 Å². The van der Waals surface area contributed by atoms with E-state index in [1.54, 1.807) is 6.20 Å². The average molecular weight is 392 g/mol. The van der Waals surface area contributed by atoms with Crippen LogP contribution < -0.4 is 11.1 Å². The minimum absolute atomic E-state index is 0.300. The normalized spacial score (nSPS) is 32.3. The van der Waals surface area contributed by atoms with Crippen molar-refractivity contribution >= 4 is 11.6 Å². The third-order valence-corrected chi connectivity index (χ3v) is 7.30. The molecule has 1 aromatic heterocycles. The lowest BCUT2D eigenvalue weighted by Gasteiger charge is -2.58. The molecule has 0 radical (unpaired) electrons. The maximum absolute atomic E-state index is 12.0. The molecule has 3 unspecified atom stereocenters. The number of nitrogens with two attached hydrogens (primary N) is 1. The first-order valence-electron chi connectivity index (χ1n) is 10.8. The highest BCUT2D eigenvalue weighted by molar-refractivity contribution is 5.98. The molecular weight excluding hydrogens is 362 g/mol. The summed E-state index contributed by atoms with van der Waals surface area (Å²) in [5, 5.41) is 14.5. The van der Waals surface area contributed by atoms with E-state index < -0.39 is 11.5 Å². The van der Waals surface area contributed by atoms with E-state index >= 15 is 0 Å². The lowest BCUT2D eigenvalue weighted by molar-refractivity contribution is -0.129. The first kappa shape index (κ1) is 18.6. The van der Waals surface area contributed by atoms with Gasteiger partial charge in [0.2, 0.25) is 0 Å². The molecule has 4 saturated carbocycles. The average Bonchev–Trinajstić information content (AvgIpc) is 2.68. The van der Waals surface area contributed by atoms with Gasteiger partial charge in [-0.15, -0.1) is 0 Å². The van der Waals surface area contributed by atoms with Crippen LogP contribution in [0.4, 0.5) is 5.69 Å². The number of hydrogen-bond donors (Lipinski definition) is 3. The van der Waals surface area contributed by atoms with E-state index in [1.165, 1.54) is 18.4 Å². The van der Waals surface area contributed by atoms with Gasteiger partial charge in [0.1, 0.15) is 0 Å². The summed E-state index contributed by atoms with van der Waals surface area (Å²) in [6.45, 7) is 0.